The Kier molecular flexibility index (Phi) is 6.81. The lowest BCUT2D eigenvalue weighted by atomic mass is 10.1. The number of carbonyl (C=O) groups is 1. The lowest BCUT2D eigenvalue weighted by Gasteiger charge is -1.99. The fourth-order valence-corrected chi connectivity index (χ4v) is 1.10. The van der Waals surface area contributed by atoms with E-state index in [4.69, 9.17) is 5.11 Å². The molecule has 0 bridgehead atoms. The fraction of sp³-hybridized carbons (Fsp3) is 0.583. The van der Waals surface area contributed by atoms with Crippen molar-refractivity contribution in [2.45, 2.75) is 46.5 Å². The Bertz CT molecular complexity index is 237. The zero-order valence-electron chi connectivity index (χ0n) is 9.34. The largest absolute Gasteiger partial charge is 0.481 e. The molecule has 0 aliphatic rings. The first-order valence-electron chi connectivity index (χ1n) is 5.05. The van der Waals surface area contributed by atoms with Crippen LogP contribution in [-0.4, -0.2) is 11.1 Å². The van der Waals surface area contributed by atoms with E-state index >= 15 is 0 Å². The Morgan fingerprint density at radius 1 is 1.14 bits per heavy atom. The van der Waals surface area contributed by atoms with Gasteiger partial charge in [-0.25, -0.2) is 0 Å². The summed E-state index contributed by atoms with van der Waals surface area (Å²) >= 11 is 0. The maximum absolute atomic E-state index is 10.3. The SMILES string of the molecule is CC=C(C)CC/C=C(/C)CCC(=O)O. The molecular weight excluding hydrogens is 176 g/mol. The Hall–Kier alpha value is -1.05. The lowest BCUT2D eigenvalue weighted by molar-refractivity contribution is -0.136. The van der Waals surface area contributed by atoms with Crippen molar-refractivity contribution in [2.75, 3.05) is 0 Å². The molecule has 2 heteroatoms. The molecule has 2 nitrogen and oxygen atoms in total. The maximum Gasteiger partial charge on any atom is 0.303 e. The zero-order chi connectivity index (χ0) is 11.0. The van der Waals surface area contributed by atoms with Crippen LogP contribution in [0.15, 0.2) is 23.3 Å². The first-order valence-corrected chi connectivity index (χ1v) is 5.05. The molecule has 14 heavy (non-hydrogen) atoms. The fourth-order valence-electron chi connectivity index (χ4n) is 1.10. The molecule has 1 N–H and O–H groups in total. The molecule has 0 aliphatic heterocycles. The van der Waals surface area contributed by atoms with E-state index in [1.54, 1.807) is 0 Å². The molecule has 0 saturated carbocycles. The van der Waals surface area contributed by atoms with Crippen LogP contribution in [0, 0.1) is 0 Å². The van der Waals surface area contributed by atoms with Gasteiger partial charge >= 0.3 is 5.97 Å². The van der Waals surface area contributed by atoms with Crippen LogP contribution in [0.4, 0.5) is 0 Å². The first kappa shape index (κ1) is 12.9. The molecule has 80 valence electrons. The minimum Gasteiger partial charge on any atom is -0.481 e. The number of carboxylic acids is 1. The number of aliphatic carboxylic acids is 1. The summed E-state index contributed by atoms with van der Waals surface area (Å²) in [4.78, 5) is 10.3. The second-order valence-corrected chi connectivity index (χ2v) is 3.62. The monoisotopic (exact) mass is 196 g/mol. The number of rotatable bonds is 6. The van der Waals surface area contributed by atoms with E-state index in [0.717, 1.165) is 12.8 Å². The Balaban J connectivity index is 3.71. The second kappa shape index (κ2) is 7.36. The molecule has 0 fully saturated rings. The summed E-state index contributed by atoms with van der Waals surface area (Å²) < 4.78 is 0. The molecule has 0 radical (unpaired) electrons. The van der Waals surface area contributed by atoms with Gasteiger partial charge in [-0.1, -0.05) is 23.3 Å². The van der Waals surface area contributed by atoms with Crippen molar-refractivity contribution in [3.63, 3.8) is 0 Å². The molecule has 0 atom stereocenters. The lowest BCUT2D eigenvalue weighted by Crippen LogP contribution is -1.94. The van der Waals surface area contributed by atoms with E-state index in [1.807, 2.05) is 13.8 Å². The van der Waals surface area contributed by atoms with Gasteiger partial charge in [0.05, 0.1) is 0 Å². The second-order valence-electron chi connectivity index (χ2n) is 3.62. The van der Waals surface area contributed by atoms with Crippen molar-refractivity contribution in [1.82, 2.24) is 0 Å². The smallest absolute Gasteiger partial charge is 0.303 e. The zero-order valence-corrected chi connectivity index (χ0v) is 9.34. The van der Waals surface area contributed by atoms with Crippen LogP contribution < -0.4 is 0 Å². The summed E-state index contributed by atoms with van der Waals surface area (Å²) in [5.74, 6) is -0.720. The molecule has 0 rings (SSSR count). The number of allylic oxidation sites excluding steroid dienone is 4. The van der Waals surface area contributed by atoms with E-state index < -0.39 is 5.97 Å². The van der Waals surface area contributed by atoms with Gasteiger partial charge < -0.3 is 5.11 Å². The first-order chi connectivity index (χ1) is 6.56. The van der Waals surface area contributed by atoms with E-state index in [2.05, 4.69) is 19.1 Å². The number of hydrogen-bond donors (Lipinski definition) is 1. The van der Waals surface area contributed by atoms with Crippen LogP contribution in [-0.2, 0) is 4.79 Å². The van der Waals surface area contributed by atoms with E-state index in [-0.39, 0.29) is 6.42 Å². The highest BCUT2D eigenvalue weighted by molar-refractivity contribution is 5.66. The van der Waals surface area contributed by atoms with Crippen LogP contribution in [0.1, 0.15) is 46.5 Å². The summed E-state index contributed by atoms with van der Waals surface area (Å²) in [6, 6.07) is 0. The van der Waals surface area contributed by atoms with Gasteiger partial charge in [0.15, 0.2) is 0 Å². The van der Waals surface area contributed by atoms with Gasteiger partial charge in [-0.2, -0.15) is 0 Å². The predicted molar refractivity (Wildman–Crippen MR) is 59.3 cm³/mol. The highest BCUT2D eigenvalue weighted by Gasteiger charge is 1.97. The third kappa shape index (κ3) is 7.59. The van der Waals surface area contributed by atoms with Crippen LogP contribution >= 0.6 is 0 Å². The average Bonchev–Trinajstić information content (AvgIpc) is 2.14. The van der Waals surface area contributed by atoms with E-state index in [9.17, 15) is 4.79 Å². The Morgan fingerprint density at radius 2 is 1.79 bits per heavy atom. The van der Waals surface area contributed by atoms with Crippen molar-refractivity contribution in [3.05, 3.63) is 23.3 Å². The molecule has 0 saturated heterocycles. The van der Waals surface area contributed by atoms with Crippen LogP contribution in [0.5, 0.6) is 0 Å². The molecular formula is C12H20O2. The topological polar surface area (TPSA) is 37.3 Å². The summed E-state index contributed by atoms with van der Waals surface area (Å²) in [7, 11) is 0. The third-order valence-electron chi connectivity index (χ3n) is 2.26. The normalized spacial score (nSPS) is 13.1. The van der Waals surface area contributed by atoms with Crippen molar-refractivity contribution in [3.8, 4) is 0 Å². The van der Waals surface area contributed by atoms with Crippen molar-refractivity contribution < 1.29 is 9.90 Å². The highest BCUT2D eigenvalue weighted by Crippen LogP contribution is 2.09. The minimum absolute atomic E-state index is 0.241. The average molecular weight is 196 g/mol. The van der Waals surface area contributed by atoms with E-state index in [0.29, 0.717) is 6.42 Å². The molecule has 0 aromatic rings. The summed E-state index contributed by atoms with van der Waals surface area (Å²) in [6.07, 6.45) is 7.24. The van der Waals surface area contributed by atoms with Gasteiger partial charge in [0.25, 0.3) is 0 Å². The van der Waals surface area contributed by atoms with E-state index in [1.165, 1.54) is 11.1 Å². The van der Waals surface area contributed by atoms with Crippen LogP contribution in [0.2, 0.25) is 0 Å². The molecule has 0 spiro atoms. The summed E-state index contributed by atoms with van der Waals surface area (Å²) in [5.41, 5.74) is 2.56. The van der Waals surface area contributed by atoms with Gasteiger partial charge in [0.1, 0.15) is 0 Å². The van der Waals surface area contributed by atoms with Gasteiger partial charge in [0, 0.05) is 6.42 Å². The van der Waals surface area contributed by atoms with Gasteiger partial charge in [-0.05, 0) is 40.0 Å². The quantitative estimate of drug-likeness (QED) is 0.660. The standard InChI is InChI=1S/C12H20O2/c1-4-10(2)6-5-7-11(3)8-9-12(13)14/h4,7H,5-6,8-9H2,1-3H3,(H,13,14)/b10-4?,11-7-. The van der Waals surface area contributed by atoms with Crippen molar-refractivity contribution in [2.24, 2.45) is 0 Å². The third-order valence-corrected chi connectivity index (χ3v) is 2.26. The van der Waals surface area contributed by atoms with Crippen molar-refractivity contribution in [1.29, 1.82) is 0 Å². The van der Waals surface area contributed by atoms with Gasteiger partial charge in [-0.15, -0.1) is 0 Å². The molecule has 0 aliphatic carbocycles. The highest BCUT2D eigenvalue weighted by atomic mass is 16.4. The van der Waals surface area contributed by atoms with Crippen LogP contribution in [0.25, 0.3) is 0 Å². The number of carboxylic acid groups (broad SMARTS) is 1. The molecule has 0 heterocycles. The molecule has 0 aromatic heterocycles. The van der Waals surface area contributed by atoms with Gasteiger partial charge in [0.2, 0.25) is 0 Å². The summed E-state index contributed by atoms with van der Waals surface area (Å²) in [5, 5.41) is 8.48. The molecule has 0 aromatic carbocycles. The molecule has 0 unspecified atom stereocenters. The van der Waals surface area contributed by atoms with Gasteiger partial charge in [-0.3, -0.25) is 4.79 Å². The van der Waals surface area contributed by atoms with Crippen LogP contribution in [0.3, 0.4) is 0 Å². The van der Waals surface area contributed by atoms with Crippen molar-refractivity contribution >= 4 is 5.97 Å². The Labute approximate surface area is 86.3 Å². The molecule has 0 amide bonds. The minimum atomic E-state index is -0.720. The Morgan fingerprint density at radius 3 is 2.29 bits per heavy atom. The number of hydrogen-bond acceptors (Lipinski definition) is 1. The predicted octanol–water partition coefficient (Wildman–Crippen LogP) is 3.54. The maximum atomic E-state index is 10.3. The summed E-state index contributed by atoms with van der Waals surface area (Å²) in [6.45, 7) is 6.14.